The number of aryl methyl sites for hydroxylation is 1. The number of rotatable bonds is 5. The van der Waals surface area contributed by atoms with Crippen LogP contribution in [0.1, 0.15) is 29.9 Å². The summed E-state index contributed by atoms with van der Waals surface area (Å²) in [5, 5.41) is 7.30. The Labute approximate surface area is 158 Å². The second-order valence-corrected chi connectivity index (χ2v) is 6.61. The number of aromatic nitrogens is 2. The van der Waals surface area contributed by atoms with E-state index in [-0.39, 0.29) is 5.92 Å². The zero-order valence-corrected chi connectivity index (χ0v) is 15.4. The van der Waals surface area contributed by atoms with Crippen LogP contribution in [0.2, 0.25) is 0 Å². The summed E-state index contributed by atoms with van der Waals surface area (Å²) in [6.07, 6.45) is 0. The van der Waals surface area contributed by atoms with E-state index in [1.807, 2.05) is 49.4 Å². The first-order valence-corrected chi connectivity index (χ1v) is 9.02. The van der Waals surface area contributed by atoms with E-state index in [1.54, 1.807) is 0 Å². The van der Waals surface area contributed by atoms with Gasteiger partial charge in [0.1, 0.15) is 0 Å². The first-order valence-electron chi connectivity index (χ1n) is 9.02. The van der Waals surface area contributed by atoms with Gasteiger partial charge in [0.25, 0.3) is 5.95 Å². The Balaban J connectivity index is 1.56. The molecule has 134 valence electrons. The van der Waals surface area contributed by atoms with Crippen LogP contribution < -0.4 is 5.32 Å². The first-order chi connectivity index (χ1) is 13.2. The minimum absolute atomic E-state index is 0.00795. The number of nitrogens with zero attached hydrogens (tertiary/aromatic N) is 2. The molecule has 0 saturated heterocycles. The maximum absolute atomic E-state index is 5.51. The monoisotopic (exact) mass is 355 g/mol. The quantitative estimate of drug-likeness (QED) is 0.481. The molecule has 1 N–H and O–H groups in total. The second-order valence-electron chi connectivity index (χ2n) is 6.61. The molecule has 4 rings (SSSR count). The average molecular weight is 355 g/mol. The minimum atomic E-state index is 0.00795. The predicted octanol–water partition coefficient (Wildman–Crippen LogP) is 5.94. The molecule has 1 atom stereocenters. The molecule has 4 aromatic rings. The van der Waals surface area contributed by atoms with Gasteiger partial charge in [0.05, 0.1) is 5.92 Å². The number of nitrogens with one attached hydrogen (secondary N) is 1. The summed E-state index contributed by atoms with van der Waals surface area (Å²) >= 11 is 0. The van der Waals surface area contributed by atoms with Crippen molar-refractivity contribution in [3.8, 4) is 11.1 Å². The van der Waals surface area contributed by atoms with E-state index in [9.17, 15) is 0 Å². The molecule has 3 aromatic carbocycles. The molecule has 0 saturated carbocycles. The van der Waals surface area contributed by atoms with Crippen molar-refractivity contribution in [3.63, 3.8) is 0 Å². The van der Waals surface area contributed by atoms with E-state index >= 15 is 0 Å². The molecular weight excluding hydrogens is 334 g/mol. The molecule has 4 heteroatoms. The summed E-state index contributed by atoms with van der Waals surface area (Å²) < 4.78 is 5.51. The van der Waals surface area contributed by atoms with Crippen LogP contribution in [0.3, 0.4) is 0 Å². The molecule has 0 aliphatic rings. The lowest BCUT2D eigenvalue weighted by atomic mass is 9.96. The molecule has 0 aliphatic carbocycles. The number of anilines is 2. The van der Waals surface area contributed by atoms with Gasteiger partial charge in [-0.1, -0.05) is 72.8 Å². The van der Waals surface area contributed by atoms with Gasteiger partial charge in [-0.15, -0.1) is 0 Å². The third kappa shape index (κ3) is 3.75. The maximum atomic E-state index is 5.51. The topological polar surface area (TPSA) is 51.0 Å². The van der Waals surface area contributed by atoms with Crippen LogP contribution in [-0.2, 0) is 0 Å². The van der Waals surface area contributed by atoms with E-state index < -0.39 is 0 Å². The summed E-state index contributed by atoms with van der Waals surface area (Å²) in [6, 6.07) is 26.8. The van der Waals surface area contributed by atoms with E-state index in [4.69, 9.17) is 4.52 Å². The number of hydrogen-bond donors (Lipinski definition) is 1. The van der Waals surface area contributed by atoms with Crippen LogP contribution in [0.4, 0.5) is 11.6 Å². The zero-order valence-electron chi connectivity index (χ0n) is 15.4. The summed E-state index contributed by atoms with van der Waals surface area (Å²) in [4.78, 5) is 4.54. The predicted molar refractivity (Wildman–Crippen MR) is 108 cm³/mol. The molecule has 1 heterocycles. The third-order valence-electron chi connectivity index (χ3n) is 4.70. The molecular formula is C23H21N3O. The van der Waals surface area contributed by atoms with Gasteiger partial charge in [-0.2, -0.15) is 4.98 Å². The first kappa shape index (κ1) is 17.0. The fourth-order valence-electron chi connectivity index (χ4n) is 3.06. The van der Waals surface area contributed by atoms with Gasteiger partial charge in [0, 0.05) is 5.69 Å². The van der Waals surface area contributed by atoms with Gasteiger partial charge in [-0.3, -0.25) is 0 Å². The van der Waals surface area contributed by atoms with Crippen molar-refractivity contribution < 1.29 is 4.52 Å². The highest BCUT2D eigenvalue weighted by molar-refractivity contribution is 5.64. The lowest BCUT2D eigenvalue weighted by molar-refractivity contribution is 0.371. The molecule has 0 spiro atoms. The Hall–Kier alpha value is -3.40. The molecule has 27 heavy (non-hydrogen) atoms. The molecule has 0 radical (unpaired) electrons. The number of hydrogen-bond acceptors (Lipinski definition) is 4. The van der Waals surface area contributed by atoms with Crippen LogP contribution in [-0.4, -0.2) is 10.1 Å². The normalized spacial score (nSPS) is 11.9. The molecule has 1 aromatic heterocycles. The molecule has 1 unspecified atom stereocenters. The Morgan fingerprint density at radius 3 is 2.41 bits per heavy atom. The Bertz CT molecular complexity index is 1040. The van der Waals surface area contributed by atoms with Gasteiger partial charge in [-0.25, -0.2) is 0 Å². The fourth-order valence-corrected chi connectivity index (χ4v) is 3.06. The van der Waals surface area contributed by atoms with Gasteiger partial charge >= 0.3 is 0 Å². The van der Waals surface area contributed by atoms with Crippen molar-refractivity contribution in [2.24, 2.45) is 0 Å². The summed E-state index contributed by atoms with van der Waals surface area (Å²) in [5.41, 5.74) is 5.62. The highest BCUT2D eigenvalue weighted by Crippen LogP contribution is 2.28. The van der Waals surface area contributed by atoms with E-state index in [0.29, 0.717) is 11.8 Å². The molecule has 4 nitrogen and oxygen atoms in total. The second kappa shape index (κ2) is 7.46. The van der Waals surface area contributed by atoms with Crippen LogP contribution >= 0.6 is 0 Å². The van der Waals surface area contributed by atoms with Crippen LogP contribution in [0.5, 0.6) is 0 Å². The molecule has 0 fully saturated rings. The molecule has 0 amide bonds. The van der Waals surface area contributed by atoms with Gasteiger partial charge in [0.2, 0.25) is 5.89 Å². The largest absolute Gasteiger partial charge is 0.337 e. The maximum Gasteiger partial charge on any atom is 0.267 e. The van der Waals surface area contributed by atoms with Crippen LogP contribution in [0, 0.1) is 6.92 Å². The van der Waals surface area contributed by atoms with Crippen molar-refractivity contribution in [3.05, 3.63) is 95.9 Å². The van der Waals surface area contributed by atoms with Gasteiger partial charge in [0.15, 0.2) is 0 Å². The summed E-state index contributed by atoms with van der Waals surface area (Å²) in [5.74, 6) is 1.08. The minimum Gasteiger partial charge on any atom is -0.337 e. The fraction of sp³-hybridized carbons (Fsp3) is 0.130. The van der Waals surface area contributed by atoms with Crippen LogP contribution in [0.25, 0.3) is 11.1 Å². The Morgan fingerprint density at radius 2 is 1.59 bits per heavy atom. The lowest BCUT2D eigenvalue weighted by Crippen LogP contribution is -1.98. The third-order valence-corrected chi connectivity index (χ3v) is 4.70. The van der Waals surface area contributed by atoms with Gasteiger partial charge in [-0.05, 0) is 47.3 Å². The summed E-state index contributed by atoms with van der Waals surface area (Å²) in [6.45, 7) is 4.12. The summed E-state index contributed by atoms with van der Waals surface area (Å²) in [7, 11) is 0. The Kier molecular flexibility index (Phi) is 4.71. The zero-order chi connectivity index (χ0) is 18.6. The van der Waals surface area contributed by atoms with Crippen molar-refractivity contribution >= 4 is 11.6 Å². The van der Waals surface area contributed by atoms with Crippen molar-refractivity contribution in [1.82, 2.24) is 10.1 Å². The van der Waals surface area contributed by atoms with E-state index in [0.717, 1.165) is 16.8 Å². The average Bonchev–Trinajstić information content (AvgIpc) is 3.18. The van der Waals surface area contributed by atoms with Gasteiger partial charge < -0.3 is 9.84 Å². The highest BCUT2D eigenvalue weighted by Gasteiger charge is 2.17. The van der Waals surface area contributed by atoms with Crippen molar-refractivity contribution in [1.29, 1.82) is 0 Å². The molecule has 0 aliphatic heterocycles. The molecule has 0 bridgehead atoms. The van der Waals surface area contributed by atoms with E-state index in [2.05, 4.69) is 58.8 Å². The number of benzene rings is 3. The van der Waals surface area contributed by atoms with Crippen molar-refractivity contribution in [2.75, 3.05) is 5.32 Å². The number of para-hydroxylation sites is 1. The lowest BCUT2D eigenvalue weighted by Gasteiger charge is -2.09. The van der Waals surface area contributed by atoms with Crippen molar-refractivity contribution in [2.45, 2.75) is 19.8 Å². The smallest absolute Gasteiger partial charge is 0.267 e. The van der Waals surface area contributed by atoms with Crippen LogP contribution in [0.15, 0.2) is 83.4 Å². The highest BCUT2D eigenvalue weighted by atomic mass is 16.5. The standard InChI is InChI=1S/C23H21N3O/c1-16-9-6-7-14-21(16)24-23-25-22(27-26-23)17(2)19-12-8-13-20(15-19)18-10-4-3-5-11-18/h3-15,17H,1-2H3,(H,24,26). The SMILES string of the molecule is Cc1ccccc1Nc1noc(C(C)c2cccc(-c3ccccc3)c2)n1. The Morgan fingerprint density at radius 1 is 0.852 bits per heavy atom. The van der Waals surface area contributed by atoms with E-state index in [1.165, 1.54) is 11.1 Å².